The average molecular weight is 271 g/mol. The molecule has 0 heterocycles. The number of aliphatic hydroxyl groups is 1. The van der Waals surface area contributed by atoms with E-state index in [0.717, 1.165) is 18.8 Å². The van der Waals surface area contributed by atoms with Gasteiger partial charge in [0.2, 0.25) is 0 Å². The van der Waals surface area contributed by atoms with E-state index in [1.165, 1.54) is 19.3 Å². The van der Waals surface area contributed by atoms with Crippen LogP contribution in [0.2, 0.25) is 0 Å². The molecule has 0 aromatic heterocycles. The molecule has 0 radical (unpaired) electrons. The van der Waals surface area contributed by atoms with Crippen molar-refractivity contribution >= 4 is 0 Å². The summed E-state index contributed by atoms with van der Waals surface area (Å²) in [5.41, 5.74) is 0. The lowest BCUT2D eigenvalue weighted by Gasteiger charge is -2.28. The van der Waals surface area contributed by atoms with Gasteiger partial charge in [-0.25, -0.2) is 0 Å². The maximum Gasteiger partial charge on any atom is 0.0897 e. The highest BCUT2D eigenvalue weighted by Gasteiger charge is 2.20. The minimum atomic E-state index is -0.385. The van der Waals surface area contributed by atoms with Crippen LogP contribution in [0.5, 0.6) is 0 Å². The van der Waals surface area contributed by atoms with Gasteiger partial charge in [0.15, 0.2) is 0 Å². The third-order valence-electron chi connectivity index (χ3n) is 4.59. The molecular weight excluding hydrogens is 238 g/mol. The first-order chi connectivity index (χ1) is 9.02. The first-order valence-electron chi connectivity index (χ1n) is 8.06. The summed E-state index contributed by atoms with van der Waals surface area (Å²) in [6.07, 6.45) is 6.06. The number of hydrogen-bond donors (Lipinski definition) is 2. The fourth-order valence-electron chi connectivity index (χ4n) is 2.71. The van der Waals surface area contributed by atoms with Crippen molar-refractivity contribution in [1.29, 1.82) is 0 Å². The van der Waals surface area contributed by atoms with Crippen LogP contribution in [0.3, 0.4) is 0 Å². The Hall–Kier alpha value is -0.120. The molecule has 1 rings (SSSR count). The lowest BCUT2D eigenvalue weighted by Crippen LogP contribution is -2.39. The van der Waals surface area contributed by atoms with Crippen LogP contribution in [0.4, 0.5) is 0 Å². The summed E-state index contributed by atoms with van der Waals surface area (Å²) in [5, 5.41) is 13.4. The maximum absolute atomic E-state index is 9.96. The summed E-state index contributed by atoms with van der Waals surface area (Å²) in [6.45, 7) is 10.0. The van der Waals surface area contributed by atoms with Gasteiger partial charge in [0.05, 0.1) is 18.8 Å². The van der Waals surface area contributed by atoms with Gasteiger partial charge in [0.25, 0.3) is 0 Å². The van der Waals surface area contributed by atoms with Crippen molar-refractivity contribution in [3.05, 3.63) is 0 Å². The molecule has 0 amide bonds. The monoisotopic (exact) mass is 271 g/mol. The predicted octanol–water partition coefficient (Wildman–Crippen LogP) is 2.97. The van der Waals surface area contributed by atoms with Gasteiger partial charge in [-0.2, -0.15) is 0 Å². The molecule has 1 aliphatic carbocycles. The molecule has 2 N–H and O–H groups in total. The van der Waals surface area contributed by atoms with Crippen LogP contribution in [-0.4, -0.2) is 36.5 Å². The number of nitrogens with one attached hydrogen (secondary N) is 1. The first kappa shape index (κ1) is 16.9. The fraction of sp³-hybridized carbons (Fsp3) is 1.00. The Balaban J connectivity index is 2.12. The van der Waals surface area contributed by atoms with Gasteiger partial charge in [0.1, 0.15) is 0 Å². The Morgan fingerprint density at radius 1 is 1.32 bits per heavy atom. The van der Waals surface area contributed by atoms with Gasteiger partial charge >= 0.3 is 0 Å². The third-order valence-corrected chi connectivity index (χ3v) is 4.59. The zero-order chi connectivity index (χ0) is 14.3. The zero-order valence-corrected chi connectivity index (χ0v) is 13.2. The standard InChI is InChI=1S/C16H33NO2/c1-5-13(3)14(4)17-10-15(18)11-19-16-8-6-7-12(2)9-16/h12-18H,5-11H2,1-4H3. The molecule has 0 saturated heterocycles. The molecule has 3 nitrogen and oxygen atoms in total. The molecule has 0 bridgehead atoms. The van der Waals surface area contributed by atoms with Crippen LogP contribution in [-0.2, 0) is 4.74 Å². The molecule has 1 saturated carbocycles. The zero-order valence-electron chi connectivity index (χ0n) is 13.2. The maximum atomic E-state index is 9.96. The number of ether oxygens (including phenoxy) is 1. The van der Waals surface area contributed by atoms with Gasteiger partial charge in [-0.3, -0.25) is 0 Å². The summed E-state index contributed by atoms with van der Waals surface area (Å²) >= 11 is 0. The van der Waals surface area contributed by atoms with Crippen molar-refractivity contribution < 1.29 is 9.84 Å². The number of hydrogen-bond acceptors (Lipinski definition) is 3. The lowest BCUT2D eigenvalue weighted by atomic mass is 9.89. The Labute approximate surface area is 119 Å². The third kappa shape index (κ3) is 6.73. The van der Waals surface area contributed by atoms with Crippen LogP contribution < -0.4 is 5.32 Å². The van der Waals surface area contributed by atoms with Gasteiger partial charge in [0, 0.05) is 12.6 Å². The Morgan fingerprint density at radius 2 is 2.05 bits per heavy atom. The molecule has 0 aliphatic heterocycles. The molecule has 0 aromatic carbocycles. The van der Waals surface area contributed by atoms with E-state index in [2.05, 4.69) is 33.0 Å². The number of rotatable bonds is 8. The van der Waals surface area contributed by atoms with E-state index in [1.807, 2.05) is 0 Å². The molecule has 19 heavy (non-hydrogen) atoms. The SMILES string of the molecule is CCC(C)C(C)NCC(O)COC1CCCC(C)C1. The number of aliphatic hydroxyl groups excluding tert-OH is 1. The Morgan fingerprint density at radius 3 is 2.68 bits per heavy atom. The lowest BCUT2D eigenvalue weighted by molar-refractivity contribution is -0.0313. The van der Waals surface area contributed by atoms with Gasteiger partial charge in [-0.15, -0.1) is 0 Å². The van der Waals surface area contributed by atoms with Crippen molar-refractivity contribution in [2.75, 3.05) is 13.2 Å². The topological polar surface area (TPSA) is 41.5 Å². The summed E-state index contributed by atoms with van der Waals surface area (Å²) < 4.78 is 5.84. The van der Waals surface area contributed by atoms with Gasteiger partial charge in [-0.1, -0.05) is 40.0 Å². The molecule has 5 atom stereocenters. The highest BCUT2D eigenvalue weighted by molar-refractivity contribution is 4.73. The highest BCUT2D eigenvalue weighted by atomic mass is 16.5. The molecular formula is C16H33NO2. The normalized spacial score (nSPS) is 28.9. The second-order valence-electron chi connectivity index (χ2n) is 6.46. The minimum absolute atomic E-state index is 0.366. The average Bonchev–Trinajstić information content (AvgIpc) is 2.41. The summed E-state index contributed by atoms with van der Waals surface area (Å²) in [6, 6.07) is 0.453. The molecule has 1 aliphatic rings. The van der Waals surface area contributed by atoms with E-state index in [0.29, 0.717) is 31.2 Å². The molecule has 114 valence electrons. The van der Waals surface area contributed by atoms with E-state index < -0.39 is 0 Å². The van der Waals surface area contributed by atoms with E-state index in [-0.39, 0.29) is 6.10 Å². The van der Waals surface area contributed by atoms with Crippen molar-refractivity contribution in [3.63, 3.8) is 0 Å². The van der Waals surface area contributed by atoms with Gasteiger partial charge in [-0.05, 0) is 31.6 Å². The molecule has 0 spiro atoms. The van der Waals surface area contributed by atoms with Crippen LogP contribution in [0.15, 0.2) is 0 Å². The second kappa shape index (κ2) is 8.93. The molecule has 1 fully saturated rings. The van der Waals surface area contributed by atoms with Crippen LogP contribution >= 0.6 is 0 Å². The van der Waals surface area contributed by atoms with Crippen LogP contribution in [0, 0.1) is 11.8 Å². The van der Waals surface area contributed by atoms with Gasteiger partial charge < -0.3 is 15.2 Å². The Kier molecular flexibility index (Phi) is 7.96. The minimum Gasteiger partial charge on any atom is -0.389 e. The molecule has 0 aromatic rings. The van der Waals surface area contributed by atoms with E-state index in [4.69, 9.17) is 4.74 Å². The summed E-state index contributed by atoms with van der Waals surface area (Å²) in [5.74, 6) is 1.42. The van der Waals surface area contributed by atoms with Crippen molar-refractivity contribution in [2.45, 2.75) is 78.0 Å². The van der Waals surface area contributed by atoms with Crippen LogP contribution in [0.1, 0.15) is 59.8 Å². The smallest absolute Gasteiger partial charge is 0.0897 e. The quantitative estimate of drug-likeness (QED) is 0.713. The summed E-state index contributed by atoms with van der Waals surface area (Å²) in [7, 11) is 0. The predicted molar refractivity (Wildman–Crippen MR) is 80.3 cm³/mol. The summed E-state index contributed by atoms with van der Waals surface area (Å²) in [4.78, 5) is 0. The van der Waals surface area contributed by atoms with E-state index in [1.54, 1.807) is 0 Å². The van der Waals surface area contributed by atoms with Crippen molar-refractivity contribution in [3.8, 4) is 0 Å². The van der Waals surface area contributed by atoms with Crippen LogP contribution in [0.25, 0.3) is 0 Å². The largest absolute Gasteiger partial charge is 0.389 e. The Bertz CT molecular complexity index is 235. The highest BCUT2D eigenvalue weighted by Crippen LogP contribution is 2.25. The van der Waals surface area contributed by atoms with E-state index >= 15 is 0 Å². The second-order valence-corrected chi connectivity index (χ2v) is 6.46. The fourth-order valence-corrected chi connectivity index (χ4v) is 2.71. The van der Waals surface area contributed by atoms with E-state index in [9.17, 15) is 5.11 Å². The van der Waals surface area contributed by atoms with Crippen molar-refractivity contribution in [1.82, 2.24) is 5.32 Å². The molecule has 5 unspecified atom stereocenters. The first-order valence-corrected chi connectivity index (χ1v) is 8.06. The molecule has 3 heteroatoms. The van der Waals surface area contributed by atoms with Crippen molar-refractivity contribution in [2.24, 2.45) is 11.8 Å².